The van der Waals surface area contributed by atoms with Crippen LogP contribution in [0, 0.1) is 11.6 Å². The molecule has 27 heavy (non-hydrogen) atoms. The minimum absolute atomic E-state index is 0.256. The van der Waals surface area contributed by atoms with Gasteiger partial charge in [-0.05, 0) is 42.3 Å². The van der Waals surface area contributed by atoms with Gasteiger partial charge in [-0.3, -0.25) is 9.59 Å². The number of halogens is 2. The van der Waals surface area contributed by atoms with E-state index in [4.69, 9.17) is 0 Å². The molecule has 0 aliphatic carbocycles. The Hall–Kier alpha value is -3.34. The van der Waals surface area contributed by atoms with Crippen LogP contribution in [-0.2, 0) is 6.42 Å². The second-order valence-electron chi connectivity index (χ2n) is 5.89. The van der Waals surface area contributed by atoms with E-state index in [1.54, 1.807) is 24.3 Å². The molecule has 3 rings (SSSR count). The van der Waals surface area contributed by atoms with Gasteiger partial charge in [-0.1, -0.05) is 49.4 Å². The summed E-state index contributed by atoms with van der Waals surface area (Å²) in [6.45, 7) is 1.87. The highest BCUT2D eigenvalue weighted by molar-refractivity contribution is 6.26. The Balaban J connectivity index is 2.18. The summed E-state index contributed by atoms with van der Waals surface area (Å²) in [5.41, 5.74) is 0.509. The zero-order chi connectivity index (χ0) is 19.4. The van der Waals surface area contributed by atoms with E-state index in [-0.39, 0.29) is 11.1 Å². The van der Waals surface area contributed by atoms with Crippen LogP contribution in [0.25, 0.3) is 0 Å². The minimum Gasteiger partial charge on any atom is -0.268 e. The third-order valence-electron chi connectivity index (χ3n) is 4.23. The maximum absolute atomic E-state index is 14.2. The average Bonchev–Trinajstić information content (AvgIpc) is 2.69. The maximum Gasteiger partial charge on any atom is 0.268 e. The highest BCUT2D eigenvalue weighted by Crippen LogP contribution is 2.26. The van der Waals surface area contributed by atoms with Crippen molar-refractivity contribution in [2.24, 2.45) is 0 Å². The Kier molecular flexibility index (Phi) is 5.41. The van der Waals surface area contributed by atoms with Crippen LogP contribution in [0.2, 0.25) is 0 Å². The van der Waals surface area contributed by atoms with E-state index >= 15 is 0 Å². The number of para-hydroxylation sites is 1. The molecule has 0 saturated carbocycles. The standard InChI is InChI=1S/C22H17F2NO2/c1-2-15-9-3-8-14-20(15)25(21(26)16-10-4-6-12-18(16)23)22(27)17-11-5-7-13-19(17)24/h3-14H,2H2,1H3. The molecule has 0 aliphatic heterocycles. The lowest BCUT2D eigenvalue weighted by atomic mass is 10.1. The van der Waals surface area contributed by atoms with Crippen molar-refractivity contribution in [3.63, 3.8) is 0 Å². The zero-order valence-corrected chi connectivity index (χ0v) is 14.7. The summed E-state index contributed by atoms with van der Waals surface area (Å²) < 4.78 is 28.4. The van der Waals surface area contributed by atoms with Gasteiger partial charge in [-0.2, -0.15) is 0 Å². The fourth-order valence-electron chi connectivity index (χ4n) is 2.85. The monoisotopic (exact) mass is 365 g/mol. The van der Waals surface area contributed by atoms with Crippen LogP contribution in [0.5, 0.6) is 0 Å². The molecule has 0 aromatic heterocycles. The molecule has 0 aliphatic rings. The number of benzene rings is 3. The van der Waals surface area contributed by atoms with Gasteiger partial charge >= 0.3 is 0 Å². The Morgan fingerprint density at radius 3 is 1.67 bits per heavy atom. The summed E-state index contributed by atoms with van der Waals surface area (Å²) >= 11 is 0. The van der Waals surface area contributed by atoms with E-state index in [2.05, 4.69) is 0 Å². The first-order valence-corrected chi connectivity index (χ1v) is 8.50. The van der Waals surface area contributed by atoms with Crippen LogP contribution in [0.15, 0.2) is 72.8 Å². The van der Waals surface area contributed by atoms with Crippen molar-refractivity contribution in [3.05, 3.63) is 101 Å². The van der Waals surface area contributed by atoms with E-state index in [1.807, 2.05) is 6.92 Å². The van der Waals surface area contributed by atoms with Crippen LogP contribution >= 0.6 is 0 Å². The van der Waals surface area contributed by atoms with E-state index < -0.39 is 23.4 Å². The number of hydrogen-bond donors (Lipinski definition) is 0. The molecule has 3 aromatic rings. The number of carbonyl (C=O) groups is 2. The van der Waals surface area contributed by atoms with Crippen LogP contribution in [0.3, 0.4) is 0 Å². The molecule has 0 fully saturated rings. The first-order chi connectivity index (χ1) is 13.0. The number of hydrogen-bond acceptors (Lipinski definition) is 2. The lowest BCUT2D eigenvalue weighted by Gasteiger charge is -2.24. The Morgan fingerprint density at radius 1 is 0.741 bits per heavy atom. The van der Waals surface area contributed by atoms with Gasteiger partial charge in [0.05, 0.1) is 16.8 Å². The number of amides is 2. The number of anilines is 1. The summed E-state index contributed by atoms with van der Waals surface area (Å²) in [4.78, 5) is 27.0. The van der Waals surface area contributed by atoms with Crippen LogP contribution < -0.4 is 4.90 Å². The van der Waals surface area contributed by atoms with Crippen LogP contribution in [-0.4, -0.2) is 11.8 Å². The molecule has 0 N–H and O–H groups in total. The second kappa shape index (κ2) is 7.91. The normalized spacial score (nSPS) is 10.5. The molecule has 136 valence electrons. The number of imide groups is 1. The number of rotatable bonds is 4. The van der Waals surface area contributed by atoms with Crippen molar-refractivity contribution in [2.45, 2.75) is 13.3 Å². The molecule has 5 heteroatoms. The lowest BCUT2D eigenvalue weighted by Crippen LogP contribution is -2.38. The van der Waals surface area contributed by atoms with E-state index in [0.29, 0.717) is 17.7 Å². The SMILES string of the molecule is CCc1ccccc1N(C(=O)c1ccccc1F)C(=O)c1ccccc1F. The van der Waals surface area contributed by atoms with E-state index in [0.717, 1.165) is 17.0 Å². The number of nitrogens with zero attached hydrogens (tertiary/aromatic N) is 1. The van der Waals surface area contributed by atoms with Gasteiger partial charge in [0.1, 0.15) is 11.6 Å². The quantitative estimate of drug-likeness (QED) is 0.609. The van der Waals surface area contributed by atoms with Gasteiger partial charge < -0.3 is 0 Å². The third-order valence-corrected chi connectivity index (χ3v) is 4.23. The topological polar surface area (TPSA) is 37.4 Å². The smallest absolute Gasteiger partial charge is 0.268 e. The molecule has 0 unspecified atom stereocenters. The predicted molar refractivity (Wildman–Crippen MR) is 99.8 cm³/mol. The molecule has 3 aromatic carbocycles. The summed E-state index contributed by atoms with van der Waals surface area (Å²) in [7, 11) is 0. The van der Waals surface area contributed by atoms with Crippen molar-refractivity contribution >= 4 is 17.5 Å². The molecule has 2 amide bonds. The first kappa shape index (κ1) is 18.5. The van der Waals surface area contributed by atoms with Crippen molar-refractivity contribution in [1.29, 1.82) is 0 Å². The second-order valence-corrected chi connectivity index (χ2v) is 5.89. The van der Waals surface area contributed by atoms with Crippen molar-refractivity contribution in [2.75, 3.05) is 4.90 Å². The molecule has 0 bridgehead atoms. The average molecular weight is 365 g/mol. The Bertz CT molecular complexity index is 943. The predicted octanol–water partition coefficient (Wildman–Crippen LogP) is 5.01. The van der Waals surface area contributed by atoms with Crippen molar-refractivity contribution in [3.8, 4) is 0 Å². The van der Waals surface area contributed by atoms with E-state index in [1.165, 1.54) is 36.4 Å². The zero-order valence-electron chi connectivity index (χ0n) is 14.7. The molecule has 0 saturated heterocycles. The van der Waals surface area contributed by atoms with Gasteiger partial charge in [-0.25, -0.2) is 13.7 Å². The van der Waals surface area contributed by atoms with E-state index in [9.17, 15) is 18.4 Å². The fraction of sp³-hybridized carbons (Fsp3) is 0.0909. The van der Waals surface area contributed by atoms with Gasteiger partial charge in [-0.15, -0.1) is 0 Å². The Morgan fingerprint density at radius 2 is 1.19 bits per heavy atom. The summed E-state index contributed by atoms with van der Waals surface area (Å²) in [6.07, 6.45) is 0.543. The van der Waals surface area contributed by atoms with Gasteiger partial charge in [0.15, 0.2) is 0 Å². The third kappa shape index (κ3) is 3.62. The van der Waals surface area contributed by atoms with Crippen molar-refractivity contribution < 1.29 is 18.4 Å². The lowest BCUT2D eigenvalue weighted by molar-refractivity contribution is 0.0893. The summed E-state index contributed by atoms with van der Waals surface area (Å²) in [6, 6.07) is 17.6. The molecule has 0 spiro atoms. The Labute approximate surface area is 155 Å². The highest BCUT2D eigenvalue weighted by Gasteiger charge is 2.30. The number of aryl methyl sites for hydroxylation is 1. The molecule has 0 atom stereocenters. The van der Waals surface area contributed by atoms with Gasteiger partial charge in [0, 0.05) is 0 Å². The highest BCUT2D eigenvalue weighted by atomic mass is 19.1. The summed E-state index contributed by atoms with van der Waals surface area (Å²) in [5.74, 6) is -3.19. The fourth-order valence-corrected chi connectivity index (χ4v) is 2.85. The molecular formula is C22H17F2NO2. The maximum atomic E-state index is 14.2. The molecule has 0 radical (unpaired) electrons. The summed E-state index contributed by atoms with van der Waals surface area (Å²) in [5, 5.41) is 0. The van der Waals surface area contributed by atoms with Crippen LogP contribution in [0.1, 0.15) is 33.2 Å². The van der Waals surface area contributed by atoms with Crippen LogP contribution in [0.4, 0.5) is 14.5 Å². The molecule has 0 heterocycles. The number of carbonyl (C=O) groups excluding carboxylic acids is 2. The first-order valence-electron chi connectivity index (χ1n) is 8.50. The minimum atomic E-state index is -0.845. The van der Waals surface area contributed by atoms with Gasteiger partial charge in [0.25, 0.3) is 11.8 Å². The largest absolute Gasteiger partial charge is 0.268 e. The van der Waals surface area contributed by atoms with Crippen molar-refractivity contribution in [1.82, 2.24) is 0 Å². The van der Waals surface area contributed by atoms with Gasteiger partial charge in [0.2, 0.25) is 0 Å². The molecule has 3 nitrogen and oxygen atoms in total. The molecular weight excluding hydrogens is 348 g/mol.